The van der Waals surface area contributed by atoms with Crippen molar-refractivity contribution in [3.05, 3.63) is 69.8 Å². The normalized spacial score (nSPS) is 11.5. The van der Waals surface area contributed by atoms with Crippen molar-refractivity contribution in [2.24, 2.45) is 0 Å². The monoisotopic (exact) mass is 402 g/mol. The van der Waals surface area contributed by atoms with Gasteiger partial charge < -0.3 is 10.2 Å². The van der Waals surface area contributed by atoms with Crippen LogP contribution in [-0.2, 0) is 0 Å². The lowest BCUT2D eigenvalue weighted by Gasteiger charge is -2.25. The molecule has 0 spiro atoms. The Hall–Kier alpha value is -2.74. The van der Waals surface area contributed by atoms with E-state index in [1.54, 1.807) is 0 Å². The van der Waals surface area contributed by atoms with Gasteiger partial charge in [-0.2, -0.15) is 0 Å². The molecule has 0 amide bonds. The molecule has 0 aliphatic heterocycles. The fourth-order valence-electron chi connectivity index (χ4n) is 4.48. The summed E-state index contributed by atoms with van der Waals surface area (Å²) in [6.45, 7) is 16.7. The molecule has 2 N–H and O–H groups in total. The Kier molecular flexibility index (Phi) is 5.99. The SMILES string of the molecule is Cc1cc(C)c(O)c(-c2c(C(C)C)ccc(C(C)C)c2-c2cc(C)cc(C)c2O)c1. The van der Waals surface area contributed by atoms with Crippen LogP contribution in [0.3, 0.4) is 0 Å². The summed E-state index contributed by atoms with van der Waals surface area (Å²) in [4.78, 5) is 0. The predicted octanol–water partition coefficient (Wildman–Crippen LogP) is 7.91. The number of phenolic OH excluding ortho intramolecular Hbond substituents is 2. The molecule has 0 unspecified atom stereocenters. The van der Waals surface area contributed by atoms with E-state index < -0.39 is 0 Å². The summed E-state index contributed by atoms with van der Waals surface area (Å²) in [6.07, 6.45) is 0. The third-order valence-electron chi connectivity index (χ3n) is 5.94. The van der Waals surface area contributed by atoms with Crippen molar-refractivity contribution in [2.75, 3.05) is 0 Å². The summed E-state index contributed by atoms with van der Waals surface area (Å²) in [7, 11) is 0. The second-order valence-electron chi connectivity index (χ2n) is 9.26. The lowest BCUT2D eigenvalue weighted by atomic mass is 9.79. The van der Waals surface area contributed by atoms with Crippen LogP contribution in [0.5, 0.6) is 11.5 Å². The quantitative estimate of drug-likeness (QED) is 0.465. The number of aromatic hydroxyl groups is 2. The van der Waals surface area contributed by atoms with E-state index in [0.717, 1.165) is 44.5 Å². The maximum absolute atomic E-state index is 11.1. The Balaban J connectivity index is 2.58. The van der Waals surface area contributed by atoms with Gasteiger partial charge in [-0.25, -0.2) is 0 Å². The maximum atomic E-state index is 11.1. The van der Waals surface area contributed by atoms with Gasteiger partial charge in [0.15, 0.2) is 0 Å². The number of hydrogen-bond donors (Lipinski definition) is 2. The second kappa shape index (κ2) is 8.18. The van der Waals surface area contributed by atoms with Crippen LogP contribution < -0.4 is 0 Å². The fraction of sp³-hybridized carbons (Fsp3) is 0.357. The summed E-state index contributed by atoms with van der Waals surface area (Å²) in [5, 5.41) is 22.2. The van der Waals surface area contributed by atoms with Gasteiger partial charge >= 0.3 is 0 Å². The van der Waals surface area contributed by atoms with Crippen LogP contribution in [0.25, 0.3) is 22.3 Å². The van der Waals surface area contributed by atoms with Crippen LogP contribution in [-0.4, -0.2) is 10.2 Å². The maximum Gasteiger partial charge on any atom is 0.126 e. The van der Waals surface area contributed by atoms with Crippen molar-refractivity contribution in [2.45, 2.75) is 67.2 Å². The highest BCUT2D eigenvalue weighted by atomic mass is 16.3. The van der Waals surface area contributed by atoms with Gasteiger partial charge in [0.25, 0.3) is 0 Å². The summed E-state index contributed by atoms with van der Waals surface area (Å²) in [6, 6.07) is 12.5. The topological polar surface area (TPSA) is 40.5 Å². The van der Waals surface area contributed by atoms with Gasteiger partial charge in [0.1, 0.15) is 11.5 Å². The Bertz CT molecular complexity index is 1020. The van der Waals surface area contributed by atoms with Gasteiger partial charge in [0, 0.05) is 11.1 Å². The molecule has 0 atom stereocenters. The molecule has 3 rings (SSSR count). The number of benzene rings is 3. The number of phenols is 2. The average Bonchev–Trinajstić information content (AvgIpc) is 2.66. The minimum atomic E-state index is 0.272. The minimum Gasteiger partial charge on any atom is -0.507 e. The molecule has 0 aliphatic carbocycles. The first-order chi connectivity index (χ1) is 14.0. The zero-order valence-corrected chi connectivity index (χ0v) is 19.5. The first kappa shape index (κ1) is 22.0. The summed E-state index contributed by atoms with van der Waals surface area (Å²) in [5.74, 6) is 1.17. The molecule has 30 heavy (non-hydrogen) atoms. The first-order valence-corrected chi connectivity index (χ1v) is 10.8. The second-order valence-corrected chi connectivity index (χ2v) is 9.26. The van der Waals surface area contributed by atoms with Crippen LogP contribution in [0.1, 0.15) is 72.9 Å². The molecule has 0 bridgehead atoms. The van der Waals surface area contributed by atoms with Gasteiger partial charge in [-0.05, 0) is 96.2 Å². The molecule has 0 fully saturated rings. The van der Waals surface area contributed by atoms with E-state index in [4.69, 9.17) is 0 Å². The summed E-state index contributed by atoms with van der Waals surface area (Å²) >= 11 is 0. The fourth-order valence-corrected chi connectivity index (χ4v) is 4.48. The molecule has 0 heterocycles. The molecule has 2 nitrogen and oxygen atoms in total. The molecular weight excluding hydrogens is 368 g/mol. The molecule has 158 valence electrons. The average molecular weight is 403 g/mol. The van der Waals surface area contributed by atoms with Crippen LogP contribution in [0, 0.1) is 27.7 Å². The third-order valence-corrected chi connectivity index (χ3v) is 5.94. The van der Waals surface area contributed by atoms with E-state index in [-0.39, 0.29) is 11.8 Å². The van der Waals surface area contributed by atoms with Crippen molar-refractivity contribution < 1.29 is 10.2 Å². The van der Waals surface area contributed by atoms with Gasteiger partial charge in [0.2, 0.25) is 0 Å². The van der Waals surface area contributed by atoms with Crippen molar-refractivity contribution >= 4 is 0 Å². The van der Waals surface area contributed by atoms with Crippen molar-refractivity contribution in [1.82, 2.24) is 0 Å². The molecule has 0 saturated heterocycles. The molecule has 2 heteroatoms. The minimum absolute atomic E-state index is 0.272. The zero-order chi connectivity index (χ0) is 22.3. The van der Waals surface area contributed by atoms with Gasteiger partial charge in [-0.3, -0.25) is 0 Å². The van der Waals surface area contributed by atoms with E-state index in [0.29, 0.717) is 11.5 Å². The van der Waals surface area contributed by atoms with Gasteiger partial charge in [-0.15, -0.1) is 0 Å². The van der Waals surface area contributed by atoms with E-state index >= 15 is 0 Å². The molecule has 0 saturated carbocycles. The van der Waals surface area contributed by atoms with Gasteiger partial charge in [-0.1, -0.05) is 52.0 Å². The molecule has 0 radical (unpaired) electrons. The third kappa shape index (κ3) is 3.84. The molecule has 0 aliphatic rings. The predicted molar refractivity (Wildman–Crippen MR) is 128 cm³/mol. The first-order valence-electron chi connectivity index (χ1n) is 10.8. The smallest absolute Gasteiger partial charge is 0.126 e. The van der Waals surface area contributed by atoms with E-state index in [9.17, 15) is 10.2 Å². The van der Waals surface area contributed by atoms with E-state index in [2.05, 4.69) is 65.8 Å². The highest BCUT2D eigenvalue weighted by Gasteiger charge is 2.24. The molecule has 0 aromatic heterocycles. The van der Waals surface area contributed by atoms with Crippen molar-refractivity contribution in [1.29, 1.82) is 0 Å². The molecular formula is C28H34O2. The van der Waals surface area contributed by atoms with E-state index in [1.807, 2.05) is 26.0 Å². The number of aryl methyl sites for hydroxylation is 4. The lowest BCUT2D eigenvalue weighted by molar-refractivity contribution is 0.471. The Morgan fingerprint density at radius 1 is 0.567 bits per heavy atom. The summed E-state index contributed by atoms with van der Waals surface area (Å²) < 4.78 is 0. The Morgan fingerprint density at radius 3 is 1.20 bits per heavy atom. The van der Waals surface area contributed by atoms with Crippen molar-refractivity contribution in [3.63, 3.8) is 0 Å². The summed E-state index contributed by atoms with van der Waals surface area (Å²) in [5.41, 5.74) is 10.0. The van der Waals surface area contributed by atoms with E-state index in [1.165, 1.54) is 11.1 Å². The van der Waals surface area contributed by atoms with Crippen molar-refractivity contribution in [3.8, 4) is 33.8 Å². The molecule has 3 aromatic carbocycles. The van der Waals surface area contributed by atoms with Crippen LogP contribution >= 0.6 is 0 Å². The molecule has 3 aromatic rings. The van der Waals surface area contributed by atoms with Crippen LogP contribution in [0.2, 0.25) is 0 Å². The lowest BCUT2D eigenvalue weighted by Crippen LogP contribution is -2.03. The van der Waals surface area contributed by atoms with Crippen LogP contribution in [0.15, 0.2) is 36.4 Å². The Labute approximate surface area is 181 Å². The standard InChI is InChI=1S/C28H34O2/c1-15(2)21-9-10-22(16(3)4)26(24-14-18(6)12-20(8)28(24)30)25(21)23-13-17(5)11-19(7)27(23)29/h9-16,29-30H,1-8H3. The largest absolute Gasteiger partial charge is 0.507 e. The Morgan fingerprint density at radius 2 is 0.900 bits per heavy atom. The highest BCUT2D eigenvalue weighted by Crippen LogP contribution is 2.49. The number of hydrogen-bond acceptors (Lipinski definition) is 2. The van der Waals surface area contributed by atoms with Crippen LogP contribution in [0.4, 0.5) is 0 Å². The highest BCUT2D eigenvalue weighted by molar-refractivity contribution is 5.93. The van der Waals surface area contributed by atoms with Gasteiger partial charge in [0.05, 0.1) is 0 Å². The zero-order valence-electron chi connectivity index (χ0n) is 19.5. The number of rotatable bonds is 4.